The molecule has 0 spiro atoms. The minimum Gasteiger partial charge on any atom is -0.386 e. The van der Waals surface area contributed by atoms with Crippen molar-refractivity contribution in [2.45, 2.75) is 57.6 Å². The number of nitrogens with one attached hydrogen (secondary N) is 2. The second kappa shape index (κ2) is 10.6. The van der Waals surface area contributed by atoms with Crippen LogP contribution in [0.1, 0.15) is 57.1 Å². The molecular formula is C22H33FN4O2. The van der Waals surface area contributed by atoms with Crippen molar-refractivity contribution in [2.75, 3.05) is 26.2 Å². The molecule has 3 N–H and O–H groups in total. The van der Waals surface area contributed by atoms with Crippen LogP contribution in [0.15, 0.2) is 29.3 Å². The molecule has 1 aliphatic heterocycles. The summed E-state index contributed by atoms with van der Waals surface area (Å²) >= 11 is 0. The zero-order chi connectivity index (χ0) is 20.6. The van der Waals surface area contributed by atoms with Crippen LogP contribution in [-0.2, 0) is 4.79 Å². The third-order valence-corrected chi connectivity index (χ3v) is 5.83. The number of aliphatic hydroxyl groups excluding tert-OH is 1. The summed E-state index contributed by atoms with van der Waals surface area (Å²) < 4.78 is 13.8. The summed E-state index contributed by atoms with van der Waals surface area (Å²) in [5.41, 5.74) is 0.247. The normalized spacial score (nSPS) is 21.8. The highest BCUT2D eigenvalue weighted by atomic mass is 19.1. The topological polar surface area (TPSA) is 77.0 Å². The molecule has 2 atom stereocenters. The highest BCUT2D eigenvalue weighted by Gasteiger charge is 2.31. The number of rotatable bonds is 6. The van der Waals surface area contributed by atoms with E-state index in [9.17, 15) is 14.3 Å². The van der Waals surface area contributed by atoms with Crippen molar-refractivity contribution in [3.8, 4) is 0 Å². The van der Waals surface area contributed by atoms with E-state index in [4.69, 9.17) is 0 Å². The van der Waals surface area contributed by atoms with E-state index in [1.54, 1.807) is 18.2 Å². The summed E-state index contributed by atoms with van der Waals surface area (Å²) in [6.45, 7) is 4.16. The van der Waals surface area contributed by atoms with Crippen molar-refractivity contribution in [3.63, 3.8) is 0 Å². The maximum Gasteiger partial charge on any atom is 0.225 e. The molecule has 1 aromatic carbocycles. The Bertz CT molecular complexity index is 706. The standard InChI is InChI=1S/C22H33FN4O2/c1-2-24-22(25-14-20(28)18-10-6-7-11-19(18)23)26-17-12-13-27(15-17)21(29)16-8-4-3-5-9-16/h6-7,10-11,16-17,20,28H,2-5,8-9,12-15H2,1H3,(H2,24,25,26). The first-order valence-electron chi connectivity index (χ1n) is 10.8. The molecule has 2 unspecified atom stereocenters. The van der Waals surface area contributed by atoms with E-state index >= 15 is 0 Å². The van der Waals surface area contributed by atoms with E-state index in [1.165, 1.54) is 12.5 Å². The molecule has 0 radical (unpaired) electrons. The molecule has 1 amide bonds. The molecular weight excluding hydrogens is 371 g/mol. The fourth-order valence-corrected chi connectivity index (χ4v) is 4.22. The number of likely N-dealkylation sites (tertiary alicyclic amines) is 1. The van der Waals surface area contributed by atoms with Crippen LogP contribution in [0.5, 0.6) is 0 Å². The van der Waals surface area contributed by atoms with Gasteiger partial charge in [0.25, 0.3) is 0 Å². The predicted octanol–water partition coefficient (Wildman–Crippen LogP) is 2.60. The minimum absolute atomic E-state index is 0.0632. The lowest BCUT2D eigenvalue weighted by atomic mass is 9.88. The zero-order valence-corrected chi connectivity index (χ0v) is 17.2. The molecule has 160 valence electrons. The van der Waals surface area contributed by atoms with Gasteiger partial charge in [0.15, 0.2) is 5.96 Å². The monoisotopic (exact) mass is 404 g/mol. The highest BCUT2D eigenvalue weighted by Crippen LogP contribution is 2.26. The average molecular weight is 405 g/mol. The second-order valence-electron chi connectivity index (χ2n) is 8.01. The zero-order valence-electron chi connectivity index (χ0n) is 17.2. The molecule has 3 rings (SSSR count). The smallest absolute Gasteiger partial charge is 0.225 e. The van der Waals surface area contributed by atoms with Crippen molar-refractivity contribution < 1.29 is 14.3 Å². The molecule has 6 nitrogen and oxygen atoms in total. The highest BCUT2D eigenvalue weighted by molar-refractivity contribution is 5.81. The number of aliphatic imine (C=N–C) groups is 1. The van der Waals surface area contributed by atoms with Crippen molar-refractivity contribution in [1.82, 2.24) is 15.5 Å². The van der Waals surface area contributed by atoms with Gasteiger partial charge in [-0.3, -0.25) is 9.79 Å². The summed E-state index contributed by atoms with van der Waals surface area (Å²) in [6, 6.07) is 6.33. The Labute approximate surface area is 172 Å². The lowest BCUT2D eigenvalue weighted by molar-refractivity contribution is -0.135. The number of carbonyl (C=O) groups is 1. The van der Waals surface area contributed by atoms with Crippen LogP contribution in [0.4, 0.5) is 4.39 Å². The number of amides is 1. The number of hydrogen-bond donors (Lipinski definition) is 3. The van der Waals surface area contributed by atoms with Gasteiger partial charge in [-0.2, -0.15) is 0 Å². The van der Waals surface area contributed by atoms with Crippen LogP contribution in [0.3, 0.4) is 0 Å². The fraction of sp³-hybridized carbons (Fsp3) is 0.636. The van der Waals surface area contributed by atoms with Crippen LogP contribution < -0.4 is 10.6 Å². The van der Waals surface area contributed by atoms with Crippen LogP contribution in [0.25, 0.3) is 0 Å². The molecule has 29 heavy (non-hydrogen) atoms. The van der Waals surface area contributed by atoms with Crippen LogP contribution in [0.2, 0.25) is 0 Å². The Morgan fingerprint density at radius 3 is 2.76 bits per heavy atom. The van der Waals surface area contributed by atoms with E-state index in [2.05, 4.69) is 15.6 Å². The van der Waals surface area contributed by atoms with Gasteiger partial charge in [0.2, 0.25) is 5.91 Å². The molecule has 1 saturated carbocycles. The van der Waals surface area contributed by atoms with E-state index in [0.717, 1.165) is 38.6 Å². The van der Waals surface area contributed by atoms with Gasteiger partial charge in [-0.25, -0.2) is 4.39 Å². The molecule has 1 aromatic rings. The van der Waals surface area contributed by atoms with Crippen molar-refractivity contribution in [3.05, 3.63) is 35.6 Å². The first-order chi connectivity index (χ1) is 14.1. The number of guanidine groups is 1. The molecule has 0 aromatic heterocycles. The summed E-state index contributed by atoms with van der Waals surface area (Å²) in [4.78, 5) is 19.2. The van der Waals surface area contributed by atoms with E-state index < -0.39 is 11.9 Å². The number of aliphatic hydroxyl groups is 1. The third kappa shape index (κ3) is 5.92. The number of nitrogens with zero attached hydrogens (tertiary/aromatic N) is 2. The van der Waals surface area contributed by atoms with Crippen LogP contribution >= 0.6 is 0 Å². The maximum absolute atomic E-state index is 13.8. The maximum atomic E-state index is 13.8. The van der Waals surface area contributed by atoms with Gasteiger partial charge < -0.3 is 20.6 Å². The van der Waals surface area contributed by atoms with Gasteiger partial charge in [0, 0.05) is 37.2 Å². The Hall–Kier alpha value is -2.15. The Morgan fingerprint density at radius 1 is 1.28 bits per heavy atom. The second-order valence-corrected chi connectivity index (χ2v) is 8.01. The lowest BCUT2D eigenvalue weighted by Gasteiger charge is -2.26. The Kier molecular flexibility index (Phi) is 7.86. The number of hydrogen-bond acceptors (Lipinski definition) is 3. The van der Waals surface area contributed by atoms with Crippen LogP contribution in [-0.4, -0.2) is 54.1 Å². The molecule has 1 aliphatic carbocycles. The minimum atomic E-state index is -1.00. The van der Waals surface area contributed by atoms with Gasteiger partial charge in [-0.1, -0.05) is 37.5 Å². The SMILES string of the molecule is CCNC(=NCC(O)c1ccccc1F)NC1CCN(C(=O)C2CCCCC2)C1. The number of benzene rings is 1. The van der Waals surface area contributed by atoms with Gasteiger partial charge in [-0.05, 0) is 32.3 Å². The van der Waals surface area contributed by atoms with Crippen molar-refractivity contribution in [1.29, 1.82) is 0 Å². The first kappa shape index (κ1) is 21.6. The third-order valence-electron chi connectivity index (χ3n) is 5.83. The van der Waals surface area contributed by atoms with Gasteiger partial charge in [-0.15, -0.1) is 0 Å². The van der Waals surface area contributed by atoms with Crippen LogP contribution in [0, 0.1) is 11.7 Å². The van der Waals surface area contributed by atoms with E-state index in [0.29, 0.717) is 25.0 Å². The predicted molar refractivity (Wildman–Crippen MR) is 112 cm³/mol. The Morgan fingerprint density at radius 2 is 2.03 bits per heavy atom. The van der Waals surface area contributed by atoms with Gasteiger partial charge in [0.1, 0.15) is 11.9 Å². The van der Waals surface area contributed by atoms with Crippen molar-refractivity contribution in [2.24, 2.45) is 10.9 Å². The molecule has 1 saturated heterocycles. The number of halogens is 1. The van der Waals surface area contributed by atoms with Gasteiger partial charge in [0.05, 0.1) is 6.54 Å². The first-order valence-corrected chi connectivity index (χ1v) is 10.8. The molecule has 0 bridgehead atoms. The average Bonchev–Trinajstić information content (AvgIpc) is 3.21. The Balaban J connectivity index is 1.54. The fourth-order valence-electron chi connectivity index (χ4n) is 4.22. The molecule has 1 heterocycles. The van der Waals surface area contributed by atoms with E-state index in [1.807, 2.05) is 11.8 Å². The number of carbonyl (C=O) groups excluding carboxylic acids is 1. The van der Waals surface area contributed by atoms with Crippen molar-refractivity contribution >= 4 is 11.9 Å². The summed E-state index contributed by atoms with van der Waals surface area (Å²) in [5, 5.41) is 16.8. The molecule has 7 heteroatoms. The summed E-state index contributed by atoms with van der Waals surface area (Å²) in [5.74, 6) is 0.645. The quantitative estimate of drug-likeness (QED) is 0.503. The summed E-state index contributed by atoms with van der Waals surface area (Å²) in [6.07, 6.45) is 5.48. The van der Waals surface area contributed by atoms with E-state index in [-0.39, 0.29) is 24.1 Å². The largest absolute Gasteiger partial charge is 0.386 e. The summed E-state index contributed by atoms with van der Waals surface area (Å²) in [7, 11) is 0. The van der Waals surface area contributed by atoms with Gasteiger partial charge >= 0.3 is 0 Å². The molecule has 2 aliphatic rings. The lowest BCUT2D eigenvalue weighted by Crippen LogP contribution is -2.45. The molecule has 2 fully saturated rings.